The van der Waals surface area contributed by atoms with Gasteiger partial charge < -0.3 is 23.8 Å². The number of urea groups is 2. The number of anilines is 2. The Labute approximate surface area is 442 Å². The number of amides is 4. The lowest BCUT2D eigenvalue weighted by Gasteiger charge is -2.32. The largest absolute Gasteiger partial charge is 0.498 e. The van der Waals surface area contributed by atoms with Gasteiger partial charge in [-0.15, -0.1) is 0 Å². The van der Waals surface area contributed by atoms with Crippen LogP contribution >= 0.6 is 15.9 Å². The molecule has 18 nitrogen and oxygen atoms in total. The molecule has 0 saturated carbocycles. The number of nitrogens with zero attached hydrogens (tertiary/aromatic N) is 7. The number of hydrogen-bond acceptors (Lipinski definition) is 12. The van der Waals surface area contributed by atoms with Crippen molar-refractivity contribution in [2.45, 2.75) is 104 Å². The van der Waals surface area contributed by atoms with E-state index in [4.69, 9.17) is 33.2 Å². The molecule has 0 bridgehead atoms. The van der Waals surface area contributed by atoms with Crippen molar-refractivity contribution in [1.82, 2.24) is 29.8 Å². The maximum Gasteiger partial charge on any atom is 0.498 e. The Morgan fingerprint density at radius 2 is 1.20 bits per heavy atom. The fraction of sp³-hybridized carbons (Fsp3) is 0.340. The molecule has 22 heteroatoms. The first-order chi connectivity index (χ1) is 35.4. The van der Waals surface area contributed by atoms with Crippen molar-refractivity contribution in [3.8, 4) is 11.1 Å². The summed E-state index contributed by atoms with van der Waals surface area (Å²) < 4.78 is 45.9. The van der Waals surface area contributed by atoms with Gasteiger partial charge in [0.25, 0.3) is 0 Å². The molecule has 2 unspecified atom stereocenters. The van der Waals surface area contributed by atoms with Crippen LogP contribution in [-0.2, 0) is 46.3 Å². The second-order valence-corrected chi connectivity index (χ2v) is 20.4. The summed E-state index contributed by atoms with van der Waals surface area (Å²) in [6, 6.07) is 28.3. The highest BCUT2D eigenvalue weighted by atomic mass is 79.9. The van der Waals surface area contributed by atoms with Crippen molar-refractivity contribution < 1.29 is 56.4 Å². The molecule has 4 aromatic carbocycles. The van der Waals surface area contributed by atoms with E-state index in [1.807, 2.05) is 129 Å². The average molecular weight is 1100 g/mol. The summed E-state index contributed by atoms with van der Waals surface area (Å²) in [5.41, 5.74) is 4.66. The highest BCUT2D eigenvalue weighted by Gasteiger charge is 2.52. The third-order valence-electron chi connectivity index (χ3n) is 12.1. The monoisotopic (exact) mass is 1090 g/mol. The molecule has 2 aromatic heterocycles. The SMILES string of the molecule is CC(C)(C)OC(=O)n1cc(B2OC(C)(C)C(C)(C)O2)cn1.CC1CN(Cc2cccc(F)c2)C(=O)N1c1ccc(-c2cn[nH]c2)cc1.CC1CN(Cc2cccc(F)c2)C(=O)N1c1ccc(Br)cc1.O=C=O.O=C=O. The molecule has 5 heterocycles. The van der Waals surface area contributed by atoms with E-state index < -0.39 is 30.0 Å². The molecule has 75 heavy (non-hydrogen) atoms. The minimum Gasteiger partial charge on any atom is -0.442 e. The molecule has 0 aliphatic carbocycles. The van der Waals surface area contributed by atoms with Gasteiger partial charge in [0.1, 0.15) is 17.2 Å². The predicted octanol–water partition coefficient (Wildman–Crippen LogP) is 9.26. The van der Waals surface area contributed by atoms with E-state index in [2.05, 4.69) is 31.2 Å². The predicted molar refractivity (Wildman–Crippen MR) is 276 cm³/mol. The zero-order valence-electron chi connectivity index (χ0n) is 43.0. The van der Waals surface area contributed by atoms with Gasteiger partial charge in [0, 0.05) is 71.6 Å². The van der Waals surface area contributed by atoms with E-state index in [0.29, 0.717) is 31.6 Å². The second kappa shape index (κ2) is 25.6. The minimum absolute atomic E-state index is 0.0425. The molecular weight excluding hydrogens is 1040 g/mol. The molecule has 3 fully saturated rings. The molecule has 2 atom stereocenters. The van der Waals surface area contributed by atoms with E-state index in [-0.39, 0.29) is 48.1 Å². The average Bonchev–Trinajstić information content (AvgIpc) is 4.18. The Morgan fingerprint density at radius 1 is 0.747 bits per heavy atom. The molecule has 1 N–H and O–H groups in total. The molecule has 3 aliphatic rings. The van der Waals surface area contributed by atoms with Crippen molar-refractivity contribution in [3.63, 3.8) is 0 Å². The van der Waals surface area contributed by atoms with Crippen LogP contribution < -0.4 is 15.3 Å². The molecule has 9 rings (SSSR count). The highest BCUT2D eigenvalue weighted by molar-refractivity contribution is 9.10. The number of aromatic amines is 1. The summed E-state index contributed by atoms with van der Waals surface area (Å²) >= 11 is 3.40. The maximum atomic E-state index is 13.4. The van der Waals surface area contributed by atoms with Crippen molar-refractivity contribution in [2.24, 2.45) is 0 Å². The van der Waals surface area contributed by atoms with Gasteiger partial charge in [-0.2, -0.15) is 34.1 Å². The van der Waals surface area contributed by atoms with Crippen LogP contribution in [0.25, 0.3) is 11.1 Å². The third-order valence-corrected chi connectivity index (χ3v) is 12.6. The fourth-order valence-corrected chi connectivity index (χ4v) is 8.28. The normalized spacial score (nSPS) is 17.3. The molecule has 0 radical (unpaired) electrons. The van der Waals surface area contributed by atoms with Crippen LogP contribution in [0.15, 0.2) is 126 Å². The van der Waals surface area contributed by atoms with Crippen LogP contribution in [0.4, 0.5) is 34.5 Å². The Kier molecular flexibility index (Phi) is 19.9. The summed E-state index contributed by atoms with van der Waals surface area (Å²) in [4.78, 5) is 77.0. The van der Waals surface area contributed by atoms with E-state index in [9.17, 15) is 23.2 Å². The van der Waals surface area contributed by atoms with Gasteiger partial charge >= 0.3 is 37.6 Å². The molecule has 6 aromatic rings. The Bertz CT molecular complexity index is 2910. The van der Waals surface area contributed by atoms with Crippen LogP contribution in [0, 0.1) is 11.6 Å². The van der Waals surface area contributed by atoms with Crippen molar-refractivity contribution in [2.75, 3.05) is 22.9 Å². The van der Waals surface area contributed by atoms with E-state index in [0.717, 1.165) is 42.8 Å². The van der Waals surface area contributed by atoms with Gasteiger partial charge in [0.2, 0.25) is 0 Å². The lowest BCUT2D eigenvalue weighted by Crippen LogP contribution is -2.41. The number of halogens is 3. The Balaban J connectivity index is 0.000000199. The van der Waals surface area contributed by atoms with Gasteiger partial charge in [-0.1, -0.05) is 52.3 Å². The van der Waals surface area contributed by atoms with Gasteiger partial charge in [0.05, 0.1) is 29.5 Å². The first-order valence-electron chi connectivity index (χ1n) is 23.5. The van der Waals surface area contributed by atoms with Gasteiger partial charge in [0.15, 0.2) is 0 Å². The first-order valence-corrected chi connectivity index (χ1v) is 24.3. The highest BCUT2D eigenvalue weighted by Crippen LogP contribution is 2.36. The maximum absolute atomic E-state index is 13.4. The number of hydrogen-bond donors (Lipinski definition) is 1. The summed E-state index contributed by atoms with van der Waals surface area (Å²) in [5.74, 6) is -0.559. The van der Waals surface area contributed by atoms with Crippen LogP contribution in [0.5, 0.6) is 0 Å². The Hall–Kier alpha value is -7.61. The van der Waals surface area contributed by atoms with Gasteiger partial charge in [-0.25, -0.2) is 23.2 Å². The summed E-state index contributed by atoms with van der Waals surface area (Å²) in [6.07, 6.45) is 6.71. The first kappa shape index (κ1) is 58.3. The van der Waals surface area contributed by atoms with Gasteiger partial charge in [-0.05, 0) is 140 Å². The molecule has 394 valence electrons. The number of carbonyl (C=O) groups is 3. The van der Waals surface area contributed by atoms with Crippen LogP contribution in [0.2, 0.25) is 0 Å². The van der Waals surface area contributed by atoms with E-state index in [1.165, 1.54) is 24.3 Å². The Morgan fingerprint density at radius 3 is 1.61 bits per heavy atom. The topological polar surface area (TPSA) is 207 Å². The lowest BCUT2D eigenvalue weighted by atomic mass is 9.82. The van der Waals surface area contributed by atoms with Crippen molar-refractivity contribution >= 4 is 70.3 Å². The number of benzene rings is 4. The summed E-state index contributed by atoms with van der Waals surface area (Å²) in [7, 11) is -0.536. The third kappa shape index (κ3) is 15.7. The number of aromatic nitrogens is 4. The van der Waals surface area contributed by atoms with Crippen molar-refractivity contribution in [3.05, 3.63) is 149 Å². The fourth-order valence-electron chi connectivity index (χ4n) is 8.02. The number of ether oxygens (including phenoxy) is 1. The number of nitrogens with one attached hydrogen (secondary N) is 1. The lowest BCUT2D eigenvalue weighted by molar-refractivity contribution is -0.193. The van der Waals surface area contributed by atoms with E-state index in [1.54, 1.807) is 50.3 Å². The molecule has 0 spiro atoms. The molecule has 4 amide bonds. The van der Waals surface area contributed by atoms with Crippen LogP contribution in [0.3, 0.4) is 0 Å². The molecule has 3 saturated heterocycles. The van der Waals surface area contributed by atoms with Gasteiger partial charge in [-0.3, -0.25) is 14.9 Å². The minimum atomic E-state index is -0.562. The summed E-state index contributed by atoms with van der Waals surface area (Å²) in [6.45, 7) is 19.4. The summed E-state index contributed by atoms with van der Waals surface area (Å²) in [5, 5.41) is 10.8. The molecule has 3 aliphatic heterocycles. The standard InChI is InChI=1S/C20H19FN4O.C17H16BrFN2O.C14H23BN2O4.2CO2/c1-14-12-24(13-15-3-2-4-18(21)9-15)20(26)25(14)19-7-5-16(6-8-19)17-10-22-23-11-17;1-12-10-20(11-13-3-2-4-15(19)9-13)17(22)21(12)16-7-5-14(18)6-8-16;1-12(2,3)19-11(18)17-9-10(8-16-17)15-20-13(4,5)14(6,7)21-15;2*2-1-3/h2-11,14H,12-13H2,1H3,(H,22,23);2-9,12H,10-11H2,1H3;8-9H,1-7H3;;. The zero-order chi connectivity index (χ0) is 55.3. The van der Waals surface area contributed by atoms with Crippen LogP contribution in [0.1, 0.15) is 73.4 Å². The van der Waals surface area contributed by atoms with E-state index >= 15 is 0 Å². The smallest absolute Gasteiger partial charge is 0.442 e. The quantitative estimate of drug-likeness (QED) is 0.142. The van der Waals surface area contributed by atoms with Crippen molar-refractivity contribution in [1.29, 1.82) is 0 Å². The van der Waals surface area contributed by atoms with Crippen LogP contribution in [-0.4, -0.2) is 109 Å². The number of carbonyl (C=O) groups excluding carboxylic acids is 7. The number of rotatable bonds is 8. The number of H-pyrrole nitrogens is 1. The molecular formula is C53H58BBrF2N8O10. The zero-order valence-corrected chi connectivity index (χ0v) is 44.5. The second-order valence-electron chi connectivity index (χ2n) is 19.5.